The second-order valence-corrected chi connectivity index (χ2v) is 3.68. The second-order valence-electron chi connectivity index (χ2n) is 3.68. The van der Waals surface area contributed by atoms with Gasteiger partial charge < -0.3 is 10.1 Å². The molecule has 15 heavy (non-hydrogen) atoms. The van der Waals surface area contributed by atoms with E-state index in [0.29, 0.717) is 12.6 Å². The lowest BCUT2D eigenvalue weighted by Gasteiger charge is -2.09. The van der Waals surface area contributed by atoms with Crippen LogP contribution in [0.3, 0.4) is 0 Å². The molecule has 0 aliphatic rings. The molecular formula is C13H17NO. The standard InChI is InChI=1S/C13H17NO/c1-4-8-15-13-7-5-6-12(9-13)10-14-11(2)3/h1,5-7,9,11,14H,8,10H2,2-3H3. The van der Waals surface area contributed by atoms with E-state index in [1.807, 2.05) is 18.2 Å². The zero-order valence-electron chi connectivity index (χ0n) is 9.29. The Labute approximate surface area is 91.6 Å². The van der Waals surface area contributed by atoms with Crippen molar-refractivity contribution in [1.29, 1.82) is 0 Å². The quantitative estimate of drug-likeness (QED) is 0.741. The van der Waals surface area contributed by atoms with Gasteiger partial charge in [0.25, 0.3) is 0 Å². The summed E-state index contributed by atoms with van der Waals surface area (Å²) in [6.07, 6.45) is 5.13. The Morgan fingerprint density at radius 1 is 1.47 bits per heavy atom. The van der Waals surface area contributed by atoms with Gasteiger partial charge >= 0.3 is 0 Å². The van der Waals surface area contributed by atoms with E-state index in [1.54, 1.807) is 0 Å². The number of hydrogen-bond acceptors (Lipinski definition) is 2. The molecule has 0 fully saturated rings. The summed E-state index contributed by atoms with van der Waals surface area (Å²) in [6.45, 7) is 5.42. The molecular weight excluding hydrogens is 186 g/mol. The Kier molecular flexibility index (Phi) is 4.73. The number of terminal acetylenes is 1. The van der Waals surface area contributed by atoms with Crippen molar-refractivity contribution in [1.82, 2.24) is 5.32 Å². The molecule has 0 saturated heterocycles. The van der Waals surface area contributed by atoms with Crippen molar-refractivity contribution in [3.05, 3.63) is 29.8 Å². The van der Waals surface area contributed by atoms with Gasteiger partial charge in [-0.15, -0.1) is 6.42 Å². The van der Waals surface area contributed by atoms with Crippen LogP contribution in [0.5, 0.6) is 5.75 Å². The van der Waals surface area contributed by atoms with Gasteiger partial charge in [-0.1, -0.05) is 31.9 Å². The van der Waals surface area contributed by atoms with Gasteiger partial charge in [-0.2, -0.15) is 0 Å². The number of benzene rings is 1. The van der Waals surface area contributed by atoms with Gasteiger partial charge in [0, 0.05) is 12.6 Å². The van der Waals surface area contributed by atoms with Gasteiger partial charge in [0.05, 0.1) is 0 Å². The third-order valence-corrected chi connectivity index (χ3v) is 1.94. The van der Waals surface area contributed by atoms with E-state index in [2.05, 4.69) is 31.2 Å². The lowest BCUT2D eigenvalue weighted by Crippen LogP contribution is -2.21. The number of rotatable bonds is 5. The van der Waals surface area contributed by atoms with Crippen LogP contribution in [0.15, 0.2) is 24.3 Å². The Balaban J connectivity index is 2.54. The molecule has 0 bridgehead atoms. The Bertz CT molecular complexity index is 339. The van der Waals surface area contributed by atoms with E-state index in [1.165, 1.54) is 5.56 Å². The second kappa shape index (κ2) is 6.10. The van der Waals surface area contributed by atoms with Crippen molar-refractivity contribution >= 4 is 0 Å². The summed E-state index contributed by atoms with van der Waals surface area (Å²) in [7, 11) is 0. The SMILES string of the molecule is C#CCOc1cccc(CNC(C)C)c1. The molecule has 2 nitrogen and oxygen atoms in total. The first-order valence-corrected chi connectivity index (χ1v) is 5.11. The largest absolute Gasteiger partial charge is 0.481 e. The molecule has 0 spiro atoms. The lowest BCUT2D eigenvalue weighted by atomic mass is 10.2. The molecule has 0 radical (unpaired) electrons. The minimum absolute atomic E-state index is 0.320. The Morgan fingerprint density at radius 3 is 2.93 bits per heavy atom. The number of hydrogen-bond donors (Lipinski definition) is 1. The zero-order valence-corrected chi connectivity index (χ0v) is 9.29. The maximum Gasteiger partial charge on any atom is 0.148 e. The van der Waals surface area contributed by atoms with E-state index in [0.717, 1.165) is 12.3 Å². The van der Waals surface area contributed by atoms with Crippen molar-refractivity contribution in [2.45, 2.75) is 26.4 Å². The Morgan fingerprint density at radius 2 is 2.27 bits per heavy atom. The van der Waals surface area contributed by atoms with E-state index in [4.69, 9.17) is 11.2 Å². The molecule has 0 aromatic heterocycles. The molecule has 0 aliphatic carbocycles. The average molecular weight is 203 g/mol. The maximum absolute atomic E-state index is 5.34. The number of ether oxygens (including phenoxy) is 1. The van der Waals surface area contributed by atoms with Gasteiger partial charge in [-0.3, -0.25) is 0 Å². The fourth-order valence-corrected chi connectivity index (χ4v) is 1.19. The molecule has 2 heteroatoms. The first-order chi connectivity index (χ1) is 7.22. The van der Waals surface area contributed by atoms with Crippen LogP contribution in [0.4, 0.5) is 0 Å². The van der Waals surface area contributed by atoms with Gasteiger partial charge in [0.1, 0.15) is 12.4 Å². The Hall–Kier alpha value is -1.46. The molecule has 0 saturated carbocycles. The molecule has 1 aromatic carbocycles. The molecule has 0 heterocycles. The summed E-state index contributed by atoms with van der Waals surface area (Å²) in [5.74, 6) is 3.28. The summed E-state index contributed by atoms with van der Waals surface area (Å²) >= 11 is 0. The van der Waals surface area contributed by atoms with E-state index >= 15 is 0 Å². The molecule has 80 valence electrons. The van der Waals surface area contributed by atoms with Crippen LogP contribution in [-0.4, -0.2) is 12.6 Å². The predicted molar refractivity (Wildman–Crippen MR) is 62.7 cm³/mol. The van der Waals surface area contributed by atoms with E-state index in [-0.39, 0.29) is 0 Å². The topological polar surface area (TPSA) is 21.3 Å². The molecule has 0 atom stereocenters. The van der Waals surface area contributed by atoms with Gasteiger partial charge in [0.15, 0.2) is 0 Å². The predicted octanol–water partition coefficient (Wildman–Crippen LogP) is 2.20. The summed E-state index contributed by atoms with van der Waals surface area (Å²) in [5, 5.41) is 3.35. The maximum atomic E-state index is 5.34. The molecule has 0 unspecified atom stereocenters. The van der Waals surface area contributed by atoms with Crippen molar-refractivity contribution in [2.24, 2.45) is 0 Å². The number of nitrogens with one attached hydrogen (secondary N) is 1. The average Bonchev–Trinajstić information content (AvgIpc) is 2.24. The minimum Gasteiger partial charge on any atom is -0.481 e. The van der Waals surface area contributed by atoms with Gasteiger partial charge in [0.2, 0.25) is 0 Å². The highest BCUT2D eigenvalue weighted by Crippen LogP contribution is 2.12. The highest BCUT2D eigenvalue weighted by molar-refractivity contribution is 5.28. The third kappa shape index (κ3) is 4.53. The summed E-state index contributed by atoms with van der Waals surface area (Å²) in [6, 6.07) is 8.45. The third-order valence-electron chi connectivity index (χ3n) is 1.94. The molecule has 1 rings (SSSR count). The van der Waals surface area contributed by atoms with E-state index in [9.17, 15) is 0 Å². The van der Waals surface area contributed by atoms with E-state index < -0.39 is 0 Å². The van der Waals surface area contributed by atoms with Gasteiger partial charge in [-0.25, -0.2) is 0 Å². The van der Waals surface area contributed by atoms with Crippen molar-refractivity contribution < 1.29 is 4.74 Å². The van der Waals surface area contributed by atoms with Crippen molar-refractivity contribution in [3.63, 3.8) is 0 Å². The van der Waals surface area contributed by atoms with Crippen LogP contribution in [0.25, 0.3) is 0 Å². The van der Waals surface area contributed by atoms with Crippen LogP contribution in [0.1, 0.15) is 19.4 Å². The smallest absolute Gasteiger partial charge is 0.148 e. The first kappa shape index (κ1) is 11.6. The summed E-state index contributed by atoms with van der Waals surface area (Å²) < 4.78 is 5.34. The van der Waals surface area contributed by atoms with Crippen molar-refractivity contribution in [2.75, 3.05) is 6.61 Å². The highest BCUT2D eigenvalue weighted by Gasteiger charge is 1.97. The summed E-state index contributed by atoms with van der Waals surface area (Å²) in [4.78, 5) is 0. The van der Waals surface area contributed by atoms with Crippen molar-refractivity contribution in [3.8, 4) is 18.1 Å². The van der Waals surface area contributed by atoms with Crippen LogP contribution >= 0.6 is 0 Å². The van der Waals surface area contributed by atoms with Crippen LogP contribution in [-0.2, 0) is 6.54 Å². The van der Waals surface area contributed by atoms with Crippen LogP contribution in [0.2, 0.25) is 0 Å². The molecule has 0 aliphatic heterocycles. The molecule has 0 amide bonds. The fraction of sp³-hybridized carbons (Fsp3) is 0.385. The molecule has 1 N–H and O–H groups in total. The van der Waals surface area contributed by atoms with Crippen LogP contribution in [0, 0.1) is 12.3 Å². The van der Waals surface area contributed by atoms with Gasteiger partial charge in [-0.05, 0) is 17.7 Å². The first-order valence-electron chi connectivity index (χ1n) is 5.11. The minimum atomic E-state index is 0.320. The molecule has 1 aromatic rings. The summed E-state index contributed by atoms with van der Waals surface area (Å²) in [5.41, 5.74) is 1.21. The highest BCUT2D eigenvalue weighted by atomic mass is 16.5. The fourth-order valence-electron chi connectivity index (χ4n) is 1.19. The van der Waals surface area contributed by atoms with Crippen LogP contribution < -0.4 is 10.1 Å². The normalized spacial score (nSPS) is 10.0. The monoisotopic (exact) mass is 203 g/mol. The zero-order chi connectivity index (χ0) is 11.1. The lowest BCUT2D eigenvalue weighted by molar-refractivity contribution is 0.370.